The zero-order valence-corrected chi connectivity index (χ0v) is 12.8. The third kappa shape index (κ3) is 1.89. The fourth-order valence-corrected chi connectivity index (χ4v) is 3.15. The minimum absolute atomic E-state index is 0.956. The second-order valence-corrected chi connectivity index (χ2v) is 5.96. The Labute approximate surface area is 130 Å². The molecule has 0 aliphatic carbocycles. The van der Waals surface area contributed by atoms with Gasteiger partial charge in [0, 0.05) is 32.9 Å². The fraction of sp³-hybridized carbons (Fsp3) is 0. The maximum atomic E-state index is 4.57. The molecule has 20 heavy (non-hydrogen) atoms. The van der Waals surface area contributed by atoms with Crippen molar-refractivity contribution in [2.75, 3.05) is 0 Å². The van der Waals surface area contributed by atoms with Crippen molar-refractivity contribution < 1.29 is 0 Å². The van der Waals surface area contributed by atoms with E-state index >= 15 is 0 Å². The van der Waals surface area contributed by atoms with Crippen molar-refractivity contribution in [3.8, 4) is 5.82 Å². The van der Waals surface area contributed by atoms with E-state index in [1.54, 1.807) is 0 Å². The van der Waals surface area contributed by atoms with Crippen LogP contribution in [0.4, 0.5) is 0 Å². The van der Waals surface area contributed by atoms with Crippen LogP contribution in [-0.4, -0.2) is 9.55 Å². The molecule has 0 saturated carbocycles. The van der Waals surface area contributed by atoms with Gasteiger partial charge in [-0.15, -0.1) is 0 Å². The first kappa shape index (κ1) is 11.9. The molecule has 0 amide bonds. The predicted octanol–water partition coefficient (Wildman–Crippen LogP) is 4.78. The zero-order chi connectivity index (χ0) is 13.5. The number of pyridine rings is 1. The minimum atomic E-state index is 0.956. The molecular weight excluding hydrogens is 357 g/mol. The van der Waals surface area contributed by atoms with Gasteiger partial charge in [0.2, 0.25) is 0 Å². The molecule has 0 saturated heterocycles. The second kappa shape index (κ2) is 4.59. The molecule has 0 N–H and O–H groups in total. The molecular formula is C17H11IN2. The Kier molecular flexibility index (Phi) is 2.73. The molecule has 0 spiro atoms. The van der Waals surface area contributed by atoms with Gasteiger partial charge in [-0.25, -0.2) is 4.98 Å². The lowest BCUT2D eigenvalue weighted by Gasteiger charge is -2.05. The Morgan fingerprint density at radius 1 is 0.850 bits per heavy atom. The van der Waals surface area contributed by atoms with Crippen LogP contribution in [-0.2, 0) is 0 Å². The molecule has 2 aromatic heterocycles. The first-order chi connectivity index (χ1) is 9.81. The Balaban J connectivity index is 1.95. The summed E-state index contributed by atoms with van der Waals surface area (Å²) in [5, 5.41) is 4.89. The summed E-state index contributed by atoms with van der Waals surface area (Å²) in [7, 11) is 0. The van der Waals surface area contributed by atoms with Gasteiger partial charge >= 0.3 is 0 Å². The van der Waals surface area contributed by atoms with E-state index in [0.717, 1.165) is 5.82 Å². The van der Waals surface area contributed by atoms with Gasteiger partial charge in [0.05, 0.1) is 0 Å². The van der Waals surface area contributed by atoms with Crippen LogP contribution in [0.5, 0.6) is 0 Å². The lowest BCUT2D eigenvalue weighted by atomic mass is 10.2. The Morgan fingerprint density at radius 3 is 2.30 bits per heavy atom. The molecule has 0 aliphatic heterocycles. The quantitative estimate of drug-likeness (QED) is 0.442. The van der Waals surface area contributed by atoms with Crippen LogP contribution in [0.3, 0.4) is 0 Å². The normalized spacial score (nSPS) is 11.2. The number of halogens is 1. The largest absolute Gasteiger partial charge is 0.307 e. The van der Waals surface area contributed by atoms with E-state index in [1.165, 1.54) is 25.1 Å². The van der Waals surface area contributed by atoms with E-state index in [4.69, 9.17) is 0 Å². The summed E-state index contributed by atoms with van der Waals surface area (Å²) in [4.78, 5) is 4.57. The number of hydrogen-bond donors (Lipinski definition) is 0. The zero-order valence-electron chi connectivity index (χ0n) is 10.6. The molecule has 0 bridgehead atoms. The molecule has 3 heteroatoms. The van der Waals surface area contributed by atoms with Crippen LogP contribution >= 0.6 is 22.6 Å². The molecule has 0 aliphatic rings. The Bertz CT molecular complexity index is 891. The molecule has 96 valence electrons. The molecule has 4 rings (SSSR count). The monoisotopic (exact) mass is 368 g/mol. The van der Waals surface area contributed by atoms with Crippen LogP contribution in [0, 0.1) is 3.57 Å². The predicted molar refractivity (Wildman–Crippen MR) is 91.3 cm³/mol. The number of rotatable bonds is 1. The summed E-state index contributed by atoms with van der Waals surface area (Å²) < 4.78 is 3.34. The highest BCUT2D eigenvalue weighted by Gasteiger charge is 2.04. The summed E-state index contributed by atoms with van der Waals surface area (Å²) in [6.45, 7) is 0. The average molecular weight is 368 g/mol. The number of benzene rings is 2. The van der Waals surface area contributed by atoms with Gasteiger partial charge in [0.25, 0.3) is 0 Å². The van der Waals surface area contributed by atoms with Gasteiger partial charge in [0.1, 0.15) is 5.82 Å². The van der Waals surface area contributed by atoms with Crippen molar-refractivity contribution >= 4 is 44.1 Å². The number of nitrogens with zero attached hydrogens (tertiary/aromatic N) is 2. The first-order valence-electron chi connectivity index (χ1n) is 6.43. The fourth-order valence-electron chi connectivity index (χ4n) is 2.48. The van der Waals surface area contributed by atoms with Crippen LogP contribution in [0.15, 0.2) is 67.1 Å². The SMILES string of the molecule is [125I]c1cccc2cnc(-n3cc4ccccc4c3)cc12. The highest BCUT2D eigenvalue weighted by atomic mass is 125. The third-order valence-corrected chi connectivity index (χ3v) is 4.45. The van der Waals surface area contributed by atoms with Gasteiger partial charge in [-0.1, -0.05) is 36.4 Å². The second-order valence-electron chi connectivity index (χ2n) is 4.80. The number of hydrogen-bond acceptors (Lipinski definition) is 1. The van der Waals surface area contributed by atoms with Crippen LogP contribution in [0.25, 0.3) is 27.4 Å². The lowest BCUT2D eigenvalue weighted by molar-refractivity contribution is 1.02. The van der Waals surface area contributed by atoms with E-state index in [1.807, 2.05) is 6.20 Å². The Hall–Kier alpha value is -1.88. The molecule has 0 fully saturated rings. The maximum absolute atomic E-state index is 4.57. The highest BCUT2D eigenvalue weighted by molar-refractivity contribution is 14.1. The maximum Gasteiger partial charge on any atom is 0.137 e. The highest BCUT2D eigenvalue weighted by Crippen LogP contribution is 2.23. The van der Waals surface area contributed by atoms with Crippen molar-refractivity contribution in [2.45, 2.75) is 0 Å². The molecule has 0 radical (unpaired) electrons. The first-order valence-corrected chi connectivity index (χ1v) is 7.50. The summed E-state index contributed by atoms with van der Waals surface area (Å²) in [6, 6.07) is 16.8. The molecule has 0 unspecified atom stereocenters. The summed E-state index contributed by atoms with van der Waals surface area (Å²) in [6.07, 6.45) is 6.19. The van der Waals surface area contributed by atoms with E-state index in [-0.39, 0.29) is 0 Å². The van der Waals surface area contributed by atoms with E-state index in [2.05, 4.69) is 93.1 Å². The molecule has 4 aromatic rings. The van der Waals surface area contributed by atoms with Gasteiger partial charge in [-0.2, -0.15) is 0 Å². The van der Waals surface area contributed by atoms with Gasteiger partial charge < -0.3 is 4.57 Å². The standard InChI is InChI=1S/C17H11IN2/c18-16-7-3-6-12-9-19-17(8-15(12)16)20-10-13-4-1-2-5-14(13)11-20/h1-11H/i18-2. The van der Waals surface area contributed by atoms with Gasteiger partial charge in [-0.3, -0.25) is 0 Å². The average Bonchev–Trinajstić information content (AvgIpc) is 2.91. The number of fused-ring (bicyclic) bond motifs is 2. The van der Waals surface area contributed by atoms with Crippen molar-refractivity contribution in [2.24, 2.45) is 0 Å². The number of aromatic nitrogens is 2. The lowest BCUT2D eigenvalue weighted by Crippen LogP contribution is -1.94. The van der Waals surface area contributed by atoms with Crippen molar-refractivity contribution in [1.29, 1.82) is 0 Å². The van der Waals surface area contributed by atoms with Crippen LogP contribution in [0.1, 0.15) is 0 Å². The van der Waals surface area contributed by atoms with Gasteiger partial charge in [0.15, 0.2) is 0 Å². The molecule has 2 aromatic carbocycles. The van der Waals surface area contributed by atoms with Crippen LogP contribution < -0.4 is 0 Å². The third-order valence-electron chi connectivity index (χ3n) is 3.51. The van der Waals surface area contributed by atoms with Crippen molar-refractivity contribution in [3.05, 3.63) is 70.7 Å². The molecule has 0 atom stereocenters. The van der Waals surface area contributed by atoms with Crippen LogP contribution in [0.2, 0.25) is 0 Å². The molecule has 2 nitrogen and oxygen atoms in total. The molecule has 2 heterocycles. The minimum Gasteiger partial charge on any atom is -0.307 e. The van der Waals surface area contributed by atoms with Crippen molar-refractivity contribution in [1.82, 2.24) is 9.55 Å². The smallest absolute Gasteiger partial charge is 0.137 e. The topological polar surface area (TPSA) is 17.8 Å². The van der Waals surface area contributed by atoms with Crippen molar-refractivity contribution in [3.63, 3.8) is 0 Å². The Morgan fingerprint density at radius 2 is 1.55 bits per heavy atom. The summed E-state index contributed by atoms with van der Waals surface area (Å²) in [5.74, 6) is 0.956. The van der Waals surface area contributed by atoms with E-state index in [0.29, 0.717) is 0 Å². The summed E-state index contributed by atoms with van der Waals surface area (Å²) >= 11 is 2.37. The van der Waals surface area contributed by atoms with E-state index < -0.39 is 0 Å². The summed E-state index contributed by atoms with van der Waals surface area (Å²) in [5.41, 5.74) is 0. The van der Waals surface area contributed by atoms with E-state index in [9.17, 15) is 0 Å². The van der Waals surface area contributed by atoms with Gasteiger partial charge in [-0.05, 0) is 45.5 Å².